The number of benzene rings is 2. The third-order valence-corrected chi connectivity index (χ3v) is 6.03. The van der Waals surface area contributed by atoms with Crippen LogP contribution in [0.5, 0.6) is 0 Å². The van der Waals surface area contributed by atoms with Crippen molar-refractivity contribution in [3.8, 4) is 0 Å². The average molecular weight is 397 g/mol. The molecule has 0 fully saturated rings. The molecule has 0 bridgehead atoms. The number of hydrogen-bond acceptors (Lipinski definition) is 5. The lowest BCUT2D eigenvalue weighted by molar-refractivity contribution is 0.0526. The van der Waals surface area contributed by atoms with E-state index in [-0.39, 0.29) is 23.9 Å². The van der Waals surface area contributed by atoms with Crippen LogP contribution in [0.1, 0.15) is 29.3 Å². The first-order valence-corrected chi connectivity index (χ1v) is 9.56. The zero-order valence-electron chi connectivity index (χ0n) is 14.3. The Bertz CT molecular complexity index is 898. The largest absolute Gasteiger partial charge is 0.462 e. The molecular formula is C18H21ClN2O4S. The number of carbonyl (C=O) groups is 1. The highest BCUT2D eigenvalue weighted by atomic mass is 35.5. The van der Waals surface area contributed by atoms with Gasteiger partial charge in [-0.25, -0.2) is 13.2 Å². The molecule has 1 heterocycles. The summed E-state index contributed by atoms with van der Waals surface area (Å²) in [6.45, 7) is 2.39. The second kappa shape index (κ2) is 7.97. The van der Waals surface area contributed by atoms with Crippen LogP contribution in [0.3, 0.4) is 0 Å². The van der Waals surface area contributed by atoms with E-state index in [1.165, 1.54) is 28.6 Å². The van der Waals surface area contributed by atoms with Crippen LogP contribution in [0, 0.1) is 0 Å². The molecule has 0 atom stereocenters. The van der Waals surface area contributed by atoms with Gasteiger partial charge >= 0.3 is 5.97 Å². The summed E-state index contributed by atoms with van der Waals surface area (Å²) in [6, 6.07) is 11.1. The lowest BCUT2D eigenvalue weighted by atomic mass is 10.0. The Kier molecular flexibility index (Phi) is 6.15. The number of esters is 1. The van der Waals surface area contributed by atoms with Gasteiger partial charge in [0.05, 0.1) is 22.8 Å². The van der Waals surface area contributed by atoms with E-state index in [1.54, 1.807) is 25.1 Å². The minimum absolute atomic E-state index is 0. The van der Waals surface area contributed by atoms with E-state index in [4.69, 9.17) is 10.5 Å². The number of sulfonamides is 1. The van der Waals surface area contributed by atoms with Crippen molar-refractivity contribution in [2.75, 3.05) is 23.2 Å². The lowest BCUT2D eigenvalue weighted by Crippen LogP contribution is -2.35. The standard InChI is InChI=1S/C18H20N2O4S.ClH/c1-2-24-18(21)13-8-10-14(11-9-13)25(22,23)20-12-4-5-15-16(19)6-3-7-17(15)20;/h3,6-11H,2,4-5,12,19H2,1H3;1H. The molecule has 0 radical (unpaired) electrons. The molecule has 0 amide bonds. The van der Waals surface area contributed by atoms with Crippen molar-refractivity contribution >= 4 is 39.8 Å². The molecule has 2 N–H and O–H groups in total. The van der Waals surface area contributed by atoms with Crippen LogP contribution in [0.2, 0.25) is 0 Å². The summed E-state index contributed by atoms with van der Waals surface area (Å²) in [5, 5.41) is 0. The highest BCUT2D eigenvalue weighted by molar-refractivity contribution is 7.92. The van der Waals surface area contributed by atoms with E-state index in [2.05, 4.69) is 0 Å². The molecule has 140 valence electrons. The Morgan fingerprint density at radius 3 is 2.54 bits per heavy atom. The molecule has 0 spiro atoms. The van der Waals surface area contributed by atoms with Gasteiger partial charge < -0.3 is 10.5 Å². The Balaban J connectivity index is 0.00000243. The Labute approximate surface area is 159 Å². The van der Waals surface area contributed by atoms with Crippen molar-refractivity contribution in [2.45, 2.75) is 24.7 Å². The molecule has 0 aromatic heterocycles. The van der Waals surface area contributed by atoms with Crippen LogP contribution in [0.25, 0.3) is 0 Å². The maximum Gasteiger partial charge on any atom is 0.338 e. The molecule has 8 heteroatoms. The summed E-state index contributed by atoms with van der Waals surface area (Å²) in [4.78, 5) is 11.8. The van der Waals surface area contributed by atoms with Crippen molar-refractivity contribution in [2.24, 2.45) is 0 Å². The monoisotopic (exact) mass is 396 g/mol. The molecule has 2 aromatic rings. The van der Waals surface area contributed by atoms with Crippen LogP contribution < -0.4 is 10.0 Å². The first-order valence-electron chi connectivity index (χ1n) is 8.12. The zero-order valence-corrected chi connectivity index (χ0v) is 16.0. The van der Waals surface area contributed by atoms with Gasteiger partial charge in [-0.1, -0.05) is 6.07 Å². The number of hydrogen-bond donors (Lipinski definition) is 1. The average Bonchev–Trinajstić information content (AvgIpc) is 2.62. The van der Waals surface area contributed by atoms with Crippen molar-refractivity contribution < 1.29 is 17.9 Å². The number of anilines is 2. The van der Waals surface area contributed by atoms with Gasteiger partial charge in [-0.05, 0) is 61.7 Å². The number of nitrogen functional groups attached to an aromatic ring is 1. The van der Waals surface area contributed by atoms with Crippen molar-refractivity contribution in [3.63, 3.8) is 0 Å². The molecule has 0 unspecified atom stereocenters. The van der Waals surface area contributed by atoms with Gasteiger partial charge in [0, 0.05) is 12.2 Å². The molecule has 3 rings (SSSR count). The maximum absolute atomic E-state index is 13.0. The summed E-state index contributed by atoms with van der Waals surface area (Å²) in [6.07, 6.45) is 1.47. The van der Waals surface area contributed by atoms with Crippen LogP contribution in [-0.2, 0) is 21.2 Å². The van der Waals surface area contributed by atoms with Gasteiger partial charge in [-0.2, -0.15) is 0 Å². The van der Waals surface area contributed by atoms with Crippen LogP contribution in [0.15, 0.2) is 47.4 Å². The molecule has 0 aliphatic carbocycles. The maximum atomic E-state index is 13.0. The molecular weight excluding hydrogens is 376 g/mol. The van der Waals surface area contributed by atoms with E-state index in [1.807, 2.05) is 0 Å². The smallest absolute Gasteiger partial charge is 0.338 e. The summed E-state index contributed by atoms with van der Waals surface area (Å²) >= 11 is 0. The molecule has 6 nitrogen and oxygen atoms in total. The van der Waals surface area contributed by atoms with Gasteiger partial charge in [0.2, 0.25) is 0 Å². The predicted molar refractivity (Wildman–Crippen MR) is 103 cm³/mol. The Morgan fingerprint density at radius 2 is 1.88 bits per heavy atom. The van der Waals surface area contributed by atoms with Crippen molar-refractivity contribution in [1.29, 1.82) is 0 Å². The molecule has 0 saturated carbocycles. The minimum atomic E-state index is -3.72. The molecule has 26 heavy (non-hydrogen) atoms. The van der Waals surface area contributed by atoms with Crippen LogP contribution in [0.4, 0.5) is 11.4 Å². The fourth-order valence-electron chi connectivity index (χ4n) is 2.97. The first-order chi connectivity index (χ1) is 11.9. The minimum Gasteiger partial charge on any atom is -0.462 e. The van der Waals surface area contributed by atoms with E-state index in [9.17, 15) is 13.2 Å². The number of carbonyl (C=O) groups excluding carboxylic acids is 1. The molecule has 1 aliphatic heterocycles. The van der Waals surface area contributed by atoms with Crippen molar-refractivity contribution in [1.82, 2.24) is 0 Å². The van der Waals surface area contributed by atoms with Gasteiger partial charge in [-0.15, -0.1) is 12.4 Å². The number of nitrogens with two attached hydrogens (primary N) is 1. The SMILES string of the molecule is CCOC(=O)c1ccc(S(=O)(=O)N2CCCc3c(N)cccc32)cc1.Cl. The third kappa shape index (κ3) is 3.64. The van der Waals surface area contributed by atoms with Gasteiger partial charge in [0.25, 0.3) is 10.0 Å². The van der Waals surface area contributed by atoms with E-state index in [0.717, 1.165) is 12.0 Å². The number of fused-ring (bicyclic) bond motifs is 1. The normalized spacial score (nSPS) is 13.5. The van der Waals surface area contributed by atoms with Gasteiger partial charge in [0.15, 0.2) is 0 Å². The van der Waals surface area contributed by atoms with E-state index in [0.29, 0.717) is 29.9 Å². The molecule has 2 aromatic carbocycles. The van der Waals surface area contributed by atoms with Gasteiger partial charge in [0.1, 0.15) is 0 Å². The quantitative estimate of drug-likeness (QED) is 0.633. The summed E-state index contributed by atoms with van der Waals surface area (Å²) in [7, 11) is -3.72. The topological polar surface area (TPSA) is 89.7 Å². The third-order valence-electron chi connectivity index (χ3n) is 4.20. The number of halogens is 1. The zero-order chi connectivity index (χ0) is 18.0. The fraction of sp³-hybridized carbons (Fsp3) is 0.278. The van der Waals surface area contributed by atoms with Crippen molar-refractivity contribution in [3.05, 3.63) is 53.6 Å². The summed E-state index contributed by atoms with van der Waals surface area (Å²) < 4.78 is 32.4. The van der Waals surface area contributed by atoms with Gasteiger partial charge in [-0.3, -0.25) is 4.31 Å². The van der Waals surface area contributed by atoms with E-state index >= 15 is 0 Å². The number of rotatable bonds is 4. The van der Waals surface area contributed by atoms with E-state index < -0.39 is 16.0 Å². The Hall–Kier alpha value is -2.25. The van der Waals surface area contributed by atoms with Crippen LogP contribution >= 0.6 is 12.4 Å². The molecule has 0 saturated heterocycles. The number of nitrogens with zero attached hydrogens (tertiary/aromatic N) is 1. The Morgan fingerprint density at radius 1 is 1.19 bits per heavy atom. The summed E-state index contributed by atoms with van der Waals surface area (Å²) in [5.41, 5.74) is 8.41. The number of ether oxygens (including phenoxy) is 1. The molecule has 1 aliphatic rings. The highest BCUT2D eigenvalue weighted by Gasteiger charge is 2.29. The first kappa shape index (κ1) is 20.1. The highest BCUT2D eigenvalue weighted by Crippen LogP contribution is 2.34. The lowest BCUT2D eigenvalue weighted by Gasteiger charge is -2.31. The predicted octanol–water partition coefficient (Wildman–Crippen LogP) is 3.01. The second-order valence-corrected chi connectivity index (χ2v) is 7.63. The second-order valence-electron chi connectivity index (χ2n) is 5.77. The summed E-state index contributed by atoms with van der Waals surface area (Å²) in [5.74, 6) is -0.470. The fourth-order valence-corrected chi connectivity index (χ4v) is 4.51. The van der Waals surface area contributed by atoms with Crippen LogP contribution in [-0.4, -0.2) is 27.5 Å².